The van der Waals surface area contributed by atoms with E-state index in [4.69, 9.17) is 4.42 Å². The summed E-state index contributed by atoms with van der Waals surface area (Å²) in [6, 6.07) is 5.78. The van der Waals surface area contributed by atoms with E-state index in [-0.39, 0.29) is 11.9 Å². The van der Waals surface area contributed by atoms with Gasteiger partial charge >= 0.3 is 0 Å². The summed E-state index contributed by atoms with van der Waals surface area (Å²) in [5, 5.41) is 4.90. The van der Waals surface area contributed by atoms with Gasteiger partial charge in [0, 0.05) is 6.54 Å². The minimum atomic E-state index is -0.0223. The Kier molecular flexibility index (Phi) is 4.39. The van der Waals surface area contributed by atoms with Gasteiger partial charge in [0.2, 0.25) is 0 Å². The fourth-order valence-corrected chi connectivity index (χ4v) is 2.73. The average molecular weight is 278 g/mol. The van der Waals surface area contributed by atoms with E-state index >= 15 is 0 Å². The number of aryl methyl sites for hydroxylation is 1. The normalized spacial score (nSPS) is 12.6. The van der Waals surface area contributed by atoms with Gasteiger partial charge in [-0.2, -0.15) is 0 Å². The highest BCUT2D eigenvalue weighted by Crippen LogP contribution is 2.19. The molecule has 0 fully saturated rings. The molecule has 2 heterocycles. The highest BCUT2D eigenvalue weighted by atomic mass is 32.1. The molecule has 0 saturated carbocycles. The number of hydrogen-bond acceptors (Lipinski definition) is 4. The Bertz CT molecular complexity index is 531. The van der Waals surface area contributed by atoms with E-state index in [9.17, 15) is 4.79 Å². The zero-order valence-electron chi connectivity index (χ0n) is 11.3. The van der Waals surface area contributed by atoms with Gasteiger partial charge in [0.1, 0.15) is 5.76 Å². The van der Waals surface area contributed by atoms with E-state index < -0.39 is 0 Å². The fraction of sp³-hybridized carbons (Fsp3) is 0.357. The molecule has 5 heteroatoms. The van der Waals surface area contributed by atoms with Crippen LogP contribution in [0.4, 0.5) is 0 Å². The number of amides is 1. The monoisotopic (exact) mass is 278 g/mol. The van der Waals surface area contributed by atoms with Gasteiger partial charge in [-0.15, -0.1) is 11.3 Å². The second kappa shape index (κ2) is 6.04. The maximum Gasteiger partial charge on any atom is 0.261 e. The lowest BCUT2D eigenvalue weighted by Crippen LogP contribution is -2.34. The van der Waals surface area contributed by atoms with Crippen molar-refractivity contribution in [2.45, 2.75) is 13.0 Å². The van der Waals surface area contributed by atoms with Crippen LogP contribution in [0.2, 0.25) is 0 Å². The van der Waals surface area contributed by atoms with E-state index in [0.29, 0.717) is 6.54 Å². The molecule has 0 spiro atoms. The summed E-state index contributed by atoms with van der Waals surface area (Å²) in [6.45, 7) is 2.47. The molecular formula is C14H18N2O2S. The minimum Gasteiger partial charge on any atom is -0.468 e. The summed E-state index contributed by atoms with van der Waals surface area (Å²) >= 11 is 1.47. The first-order valence-corrected chi connectivity index (χ1v) is 6.99. The van der Waals surface area contributed by atoms with E-state index in [2.05, 4.69) is 5.32 Å². The second-order valence-corrected chi connectivity index (χ2v) is 5.55. The summed E-state index contributed by atoms with van der Waals surface area (Å²) in [6.07, 6.45) is 1.65. The first-order chi connectivity index (χ1) is 9.09. The zero-order valence-corrected chi connectivity index (χ0v) is 12.2. The van der Waals surface area contributed by atoms with Gasteiger partial charge < -0.3 is 9.73 Å². The number of hydrogen-bond donors (Lipinski definition) is 1. The van der Waals surface area contributed by atoms with E-state index in [1.807, 2.05) is 49.5 Å². The molecule has 2 rings (SSSR count). The fourth-order valence-electron chi connectivity index (χ4n) is 1.89. The largest absolute Gasteiger partial charge is 0.468 e. The second-order valence-electron chi connectivity index (χ2n) is 4.64. The van der Waals surface area contributed by atoms with Crippen molar-refractivity contribution in [2.75, 3.05) is 20.6 Å². The number of nitrogens with one attached hydrogen (secondary N) is 1. The molecule has 19 heavy (non-hydrogen) atoms. The molecule has 1 N–H and O–H groups in total. The van der Waals surface area contributed by atoms with Crippen LogP contribution in [-0.2, 0) is 0 Å². The van der Waals surface area contributed by atoms with Crippen molar-refractivity contribution in [1.82, 2.24) is 10.2 Å². The summed E-state index contributed by atoms with van der Waals surface area (Å²) in [5.74, 6) is 0.833. The van der Waals surface area contributed by atoms with Crippen LogP contribution in [0.25, 0.3) is 0 Å². The Labute approximate surface area is 117 Å². The van der Waals surface area contributed by atoms with Crippen LogP contribution in [0, 0.1) is 6.92 Å². The number of carbonyl (C=O) groups is 1. The number of rotatable bonds is 5. The molecule has 102 valence electrons. The average Bonchev–Trinajstić information content (AvgIpc) is 3.00. The molecule has 1 amide bonds. The van der Waals surface area contributed by atoms with Crippen molar-refractivity contribution in [2.24, 2.45) is 0 Å². The quantitative estimate of drug-likeness (QED) is 0.914. The molecule has 0 aromatic carbocycles. The first-order valence-electron chi connectivity index (χ1n) is 6.11. The zero-order chi connectivity index (χ0) is 13.8. The van der Waals surface area contributed by atoms with Crippen LogP contribution in [-0.4, -0.2) is 31.4 Å². The standard InChI is InChI=1S/C14H18N2O2S/c1-10-6-8-19-13(10)14(17)15-9-11(16(2)3)12-5-4-7-18-12/h4-8,11H,9H2,1-3H3,(H,15,17). The van der Waals surface area contributed by atoms with Gasteiger partial charge in [0.05, 0.1) is 17.2 Å². The topological polar surface area (TPSA) is 45.5 Å². The lowest BCUT2D eigenvalue weighted by Gasteiger charge is -2.22. The van der Waals surface area contributed by atoms with Gasteiger partial charge in [-0.05, 0) is 50.2 Å². The Morgan fingerprint density at radius 3 is 2.79 bits per heavy atom. The molecule has 0 aliphatic rings. The van der Waals surface area contributed by atoms with Gasteiger partial charge in [-0.1, -0.05) is 0 Å². The van der Waals surface area contributed by atoms with Crippen LogP contribution < -0.4 is 5.32 Å². The third-order valence-corrected chi connectivity index (χ3v) is 4.03. The lowest BCUT2D eigenvalue weighted by atomic mass is 10.2. The van der Waals surface area contributed by atoms with Crippen LogP contribution in [0.1, 0.15) is 27.0 Å². The third kappa shape index (κ3) is 3.24. The summed E-state index contributed by atoms with van der Waals surface area (Å²) in [4.78, 5) is 14.9. The van der Waals surface area contributed by atoms with Crippen LogP contribution in [0.15, 0.2) is 34.3 Å². The maximum absolute atomic E-state index is 12.1. The molecule has 2 aromatic heterocycles. The predicted octanol–water partition coefficient (Wildman–Crippen LogP) is 2.68. The first kappa shape index (κ1) is 13.8. The lowest BCUT2D eigenvalue weighted by molar-refractivity contribution is 0.0942. The summed E-state index contributed by atoms with van der Waals surface area (Å²) in [5.41, 5.74) is 1.02. The van der Waals surface area contributed by atoms with Gasteiger partial charge in [-0.25, -0.2) is 0 Å². The van der Waals surface area contributed by atoms with Gasteiger partial charge in [0.25, 0.3) is 5.91 Å². The van der Waals surface area contributed by atoms with Gasteiger partial charge in [-0.3, -0.25) is 9.69 Å². The highest BCUT2D eigenvalue weighted by Gasteiger charge is 2.19. The molecule has 0 radical (unpaired) electrons. The predicted molar refractivity (Wildman–Crippen MR) is 76.5 cm³/mol. The smallest absolute Gasteiger partial charge is 0.261 e. The molecule has 0 saturated heterocycles. The van der Waals surface area contributed by atoms with Crippen LogP contribution in [0.5, 0.6) is 0 Å². The molecule has 1 atom stereocenters. The molecule has 2 aromatic rings. The molecule has 0 aliphatic carbocycles. The Morgan fingerprint density at radius 2 is 2.26 bits per heavy atom. The van der Waals surface area contributed by atoms with E-state index in [0.717, 1.165) is 16.2 Å². The highest BCUT2D eigenvalue weighted by molar-refractivity contribution is 7.12. The molecule has 1 unspecified atom stereocenters. The molecular weight excluding hydrogens is 260 g/mol. The van der Waals surface area contributed by atoms with E-state index in [1.165, 1.54) is 11.3 Å². The minimum absolute atomic E-state index is 0.0223. The molecule has 0 aliphatic heterocycles. The maximum atomic E-state index is 12.1. The summed E-state index contributed by atoms with van der Waals surface area (Å²) < 4.78 is 5.41. The third-order valence-electron chi connectivity index (χ3n) is 3.02. The van der Waals surface area contributed by atoms with Crippen LogP contribution in [0.3, 0.4) is 0 Å². The van der Waals surface area contributed by atoms with Crippen molar-refractivity contribution >= 4 is 17.2 Å². The number of carbonyl (C=O) groups excluding carboxylic acids is 1. The number of nitrogens with zero attached hydrogens (tertiary/aromatic N) is 1. The van der Waals surface area contributed by atoms with Crippen molar-refractivity contribution in [1.29, 1.82) is 0 Å². The molecule has 0 bridgehead atoms. The van der Waals surface area contributed by atoms with Crippen molar-refractivity contribution in [3.05, 3.63) is 46.0 Å². The Hall–Kier alpha value is -1.59. The van der Waals surface area contributed by atoms with Crippen molar-refractivity contribution < 1.29 is 9.21 Å². The van der Waals surface area contributed by atoms with E-state index in [1.54, 1.807) is 6.26 Å². The van der Waals surface area contributed by atoms with Crippen molar-refractivity contribution in [3.63, 3.8) is 0 Å². The molecule has 4 nitrogen and oxygen atoms in total. The number of likely N-dealkylation sites (N-methyl/N-ethyl adjacent to an activating group) is 1. The Morgan fingerprint density at radius 1 is 1.47 bits per heavy atom. The summed E-state index contributed by atoms with van der Waals surface area (Å²) in [7, 11) is 3.94. The number of thiophene rings is 1. The van der Waals surface area contributed by atoms with Crippen molar-refractivity contribution in [3.8, 4) is 0 Å². The SMILES string of the molecule is Cc1ccsc1C(=O)NCC(c1ccco1)N(C)C. The number of furan rings is 1. The van der Waals surface area contributed by atoms with Gasteiger partial charge in [0.15, 0.2) is 0 Å². The van der Waals surface area contributed by atoms with Crippen LogP contribution >= 0.6 is 11.3 Å². The Balaban J connectivity index is 2.00.